The largest absolute Gasteiger partial charge is 0.497 e. The van der Waals surface area contributed by atoms with Gasteiger partial charge in [0.25, 0.3) is 0 Å². The predicted octanol–water partition coefficient (Wildman–Crippen LogP) is 4.30. The summed E-state index contributed by atoms with van der Waals surface area (Å²) in [6, 6.07) is 14.9. The number of rotatable bonds is 6. The molecule has 0 aliphatic carbocycles. The molecule has 1 heterocycles. The lowest BCUT2D eigenvalue weighted by Gasteiger charge is -2.08. The highest BCUT2D eigenvalue weighted by Gasteiger charge is 2.16. The lowest BCUT2D eigenvalue weighted by Crippen LogP contribution is -2.08. The summed E-state index contributed by atoms with van der Waals surface area (Å²) < 4.78 is 13.9. The molecule has 2 aromatic carbocycles. The molecule has 0 aliphatic heterocycles. The molecule has 0 amide bonds. The number of hydrogen-bond donors (Lipinski definition) is 0. The highest BCUT2D eigenvalue weighted by Crippen LogP contribution is 2.26. The third-order valence-corrected chi connectivity index (χ3v) is 4.64. The van der Waals surface area contributed by atoms with Crippen molar-refractivity contribution in [3.8, 4) is 22.8 Å². The number of ether oxygens (including phenoxy) is 2. The van der Waals surface area contributed by atoms with Crippen LogP contribution in [0.15, 0.2) is 48.5 Å². The van der Waals surface area contributed by atoms with Gasteiger partial charge in [0, 0.05) is 10.6 Å². The van der Waals surface area contributed by atoms with Crippen LogP contribution >= 0.6 is 23.8 Å². The van der Waals surface area contributed by atoms with Crippen LogP contribution in [0.4, 0.5) is 0 Å². The zero-order chi connectivity index (χ0) is 19.4. The third kappa shape index (κ3) is 4.20. The fourth-order valence-corrected chi connectivity index (χ4v) is 3.15. The number of hydrogen-bond acceptors (Lipinski definition) is 5. The molecule has 27 heavy (non-hydrogen) atoms. The number of aromatic nitrogens is 3. The van der Waals surface area contributed by atoms with E-state index in [1.54, 1.807) is 17.9 Å². The molecule has 0 radical (unpaired) electrons. The predicted molar refractivity (Wildman–Crippen MR) is 106 cm³/mol. The molecule has 0 spiro atoms. The van der Waals surface area contributed by atoms with E-state index in [0.29, 0.717) is 22.2 Å². The summed E-state index contributed by atoms with van der Waals surface area (Å²) in [5, 5.41) is 5.22. The molecular weight excluding hydrogens is 386 g/mol. The van der Waals surface area contributed by atoms with Gasteiger partial charge in [-0.25, -0.2) is 4.68 Å². The zero-order valence-electron chi connectivity index (χ0n) is 14.9. The molecule has 8 heteroatoms. The van der Waals surface area contributed by atoms with Gasteiger partial charge in [0.15, 0.2) is 5.82 Å². The van der Waals surface area contributed by atoms with E-state index in [9.17, 15) is 4.79 Å². The van der Waals surface area contributed by atoms with Crippen molar-refractivity contribution in [3.05, 3.63) is 58.3 Å². The van der Waals surface area contributed by atoms with Crippen molar-refractivity contribution >= 4 is 29.8 Å². The summed E-state index contributed by atoms with van der Waals surface area (Å²) in [4.78, 5) is 11.5. The first-order valence-electron chi connectivity index (χ1n) is 8.20. The van der Waals surface area contributed by atoms with Crippen molar-refractivity contribution in [3.63, 3.8) is 0 Å². The topological polar surface area (TPSA) is 58.3 Å². The number of carbonyl (C=O) groups excluding carboxylic acids is 1. The molecule has 3 rings (SSSR count). The number of aryl methyl sites for hydroxylation is 1. The molecule has 0 saturated carbocycles. The minimum atomic E-state index is -0.319. The van der Waals surface area contributed by atoms with E-state index in [1.165, 1.54) is 7.11 Å². The van der Waals surface area contributed by atoms with E-state index in [4.69, 9.17) is 33.3 Å². The van der Waals surface area contributed by atoms with Crippen molar-refractivity contribution < 1.29 is 14.3 Å². The highest BCUT2D eigenvalue weighted by atomic mass is 35.5. The van der Waals surface area contributed by atoms with Crippen LogP contribution in [-0.4, -0.2) is 34.5 Å². The molecular formula is C19H18ClN3O3S. The number of benzene rings is 2. The first-order chi connectivity index (χ1) is 13.0. The van der Waals surface area contributed by atoms with Gasteiger partial charge < -0.3 is 9.47 Å². The fraction of sp³-hybridized carbons (Fsp3) is 0.211. The number of methoxy groups -OCH3 is 2. The lowest BCUT2D eigenvalue weighted by atomic mass is 10.2. The second kappa shape index (κ2) is 8.37. The molecule has 0 N–H and O–H groups in total. The Morgan fingerprint density at radius 2 is 1.93 bits per heavy atom. The molecule has 0 aliphatic rings. The van der Waals surface area contributed by atoms with Crippen molar-refractivity contribution in [2.45, 2.75) is 13.0 Å². The summed E-state index contributed by atoms with van der Waals surface area (Å²) in [6.45, 7) is 0.322. The molecule has 0 atom stereocenters. The summed E-state index contributed by atoms with van der Waals surface area (Å²) in [7, 11) is 2.97. The second-order valence-electron chi connectivity index (χ2n) is 5.70. The molecule has 0 unspecified atom stereocenters. The Labute approximate surface area is 166 Å². The van der Waals surface area contributed by atoms with Crippen molar-refractivity contribution in [2.75, 3.05) is 14.2 Å². The second-order valence-corrected chi connectivity index (χ2v) is 6.50. The average molecular weight is 404 g/mol. The van der Waals surface area contributed by atoms with E-state index >= 15 is 0 Å². The monoisotopic (exact) mass is 403 g/mol. The first-order valence-corrected chi connectivity index (χ1v) is 8.99. The first kappa shape index (κ1) is 19.1. The summed E-state index contributed by atoms with van der Waals surface area (Å²) in [6.07, 6.45) is 0.180. The number of nitrogens with zero attached hydrogens (tertiary/aromatic N) is 3. The summed E-state index contributed by atoms with van der Waals surface area (Å²) in [5.74, 6) is 1.06. The Morgan fingerprint density at radius 3 is 2.56 bits per heavy atom. The van der Waals surface area contributed by atoms with Gasteiger partial charge >= 0.3 is 5.97 Å². The molecule has 6 nitrogen and oxygen atoms in total. The van der Waals surface area contributed by atoms with Gasteiger partial charge in [0.05, 0.1) is 32.9 Å². The van der Waals surface area contributed by atoms with E-state index < -0.39 is 0 Å². The molecule has 0 saturated heterocycles. The van der Waals surface area contributed by atoms with Crippen LogP contribution in [0.1, 0.15) is 6.42 Å². The number of carbonyl (C=O) groups is 1. The van der Waals surface area contributed by atoms with Gasteiger partial charge in [-0.15, -0.1) is 0 Å². The third-order valence-electron chi connectivity index (χ3n) is 4.01. The van der Waals surface area contributed by atoms with Crippen molar-refractivity contribution in [2.24, 2.45) is 0 Å². The van der Waals surface area contributed by atoms with Crippen molar-refractivity contribution in [1.82, 2.24) is 14.3 Å². The normalized spacial score (nSPS) is 10.6. The van der Waals surface area contributed by atoms with E-state index in [1.807, 2.05) is 47.0 Å². The van der Waals surface area contributed by atoms with Gasteiger partial charge in [-0.2, -0.15) is 5.10 Å². The minimum absolute atomic E-state index is 0.180. The smallest absolute Gasteiger partial charge is 0.307 e. The van der Waals surface area contributed by atoms with Crippen LogP contribution in [0.2, 0.25) is 5.02 Å². The molecule has 0 fully saturated rings. The van der Waals surface area contributed by atoms with Crippen LogP contribution in [0.3, 0.4) is 0 Å². The standard InChI is InChI=1S/C19H18ClN3O3S/c1-25-16-8-6-15(7-9-16)23-18(13-4-3-5-14(20)12-13)21-22(19(23)27)11-10-17(24)26-2/h3-9,12H,10-11H2,1-2H3. The van der Waals surface area contributed by atoms with Crippen LogP contribution in [0.25, 0.3) is 17.1 Å². The molecule has 3 aromatic rings. The zero-order valence-corrected chi connectivity index (χ0v) is 16.5. The molecule has 1 aromatic heterocycles. The number of halogens is 1. The van der Waals surface area contributed by atoms with E-state index in [-0.39, 0.29) is 12.4 Å². The maximum Gasteiger partial charge on any atom is 0.307 e. The Balaban J connectivity index is 2.11. The van der Waals surface area contributed by atoms with Gasteiger partial charge in [0.1, 0.15) is 5.75 Å². The molecule has 0 bridgehead atoms. The van der Waals surface area contributed by atoms with Gasteiger partial charge in [0.2, 0.25) is 4.77 Å². The Morgan fingerprint density at radius 1 is 1.19 bits per heavy atom. The Kier molecular flexibility index (Phi) is 5.93. The SMILES string of the molecule is COC(=O)CCn1nc(-c2cccc(Cl)c2)n(-c2ccc(OC)cc2)c1=S. The van der Waals surface area contributed by atoms with Crippen LogP contribution in [0, 0.1) is 4.77 Å². The fourth-order valence-electron chi connectivity index (χ4n) is 2.63. The van der Waals surface area contributed by atoms with Crippen molar-refractivity contribution in [1.29, 1.82) is 0 Å². The number of esters is 1. The summed E-state index contributed by atoms with van der Waals surface area (Å²) >= 11 is 11.8. The molecule has 140 valence electrons. The van der Waals surface area contributed by atoms with E-state index in [2.05, 4.69) is 5.10 Å². The Bertz CT molecular complexity index is 1010. The maximum absolute atomic E-state index is 11.5. The van der Waals surface area contributed by atoms with Crippen LogP contribution < -0.4 is 4.74 Å². The maximum atomic E-state index is 11.5. The average Bonchev–Trinajstić information content (AvgIpc) is 3.02. The van der Waals surface area contributed by atoms with Crippen LogP contribution in [-0.2, 0) is 16.1 Å². The quantitative estimate of drug-likeness (QED) is 0.453. The highest BCUT2D eigenvalue weighted by molar-refractivity contribution is 7.71. The Hall–Kier alpha value is -2.64. The van der Waals surface area contributed by atoms with Gasteiger partial charge in [-0.3, -0.25) is 9.36 Å². The van der Waals surface area contributed by atoms with E-state index in [0.717, 1.165) is 17.0 Å². The van der Waals surface area contributed by atoms with Crippen LogP contribution in [0.5, 0.6) is 5.75 Å². The lowest BCUT2D eigenvalue weighted by molar-refractivity contribution is -0.140. The van der Waals surface area contributed by atoms with Gasteiger partial charge in [-0.05, 0) is 48.6 Å². The van der Waals surface area contributed by atoms with Gasteiger partial charge in [-0.1, -0.05) is 23.7 Å². The summed E-state index contributed by atoms with van der Waals surface area (Å²) in [5.41, 5.74) is 1.65. The minimum Gasteiger partial charge on any atom is -0.497 e.